The van der Waals surface area contributed by atoms with Crippen LogP contribution in [0.5, 0.6) is 0 Å². The van der Waals surface area contributed by atoms with Crippen molar-refractivity contribution in [2.45, 2.75) is 23.3 Å². The lowest BCUT2D eigenvalue weighted by molar-refractivity contribution is 0.0983. The van der Waals surface area contributed by atoms with Crippen LogP contribution < -0.4 is 10.2 Å². The molecule has 0 atom stereocenters. The highest BCUT2D eigenvalue weighted by atomic mass is 32.2. The van der Waals surface area contributed by atoms with Gasteiger partial charge in [-0.3, -0.25) is 9.59 Å². The van der Waals surface area contributed by atoms with Gasteiger partial charge < -0.3 is 10.2 Å². The molecule has 2 amide bonds. The van der Waals surface area contributed by atoms with Crippen molar-refractivity contribution in [1.29, 1.82) is 0 Å². The Balaban J connectivity index is 1.41. The highest BCUT2D eigenvalue weighted by Gasteiger charge is 2.25. The summed E-state index contributed by atoms with van der Waals surface area (Å²) in [6.45, 7) is 2.43. The summed E-state index contributed by atoms with van der Waals surface area (Å²) in [6, 6.07) is 25.2. The number of nitrogens with zero attached hydrogens (tertiary/aromatic N) is 1. The van der Waals surface area contributed by atoms with Crippen molar-refractivity contribution in [1.82, 2.24) is 0 Å². The minimum absolute atomic E-state index is 0.0678. The number of nitrogens with one attached hydrogen (secondary N) is 1. The molecule has 0 bridgehead atoms. The van der Waals surface area contributed by atoms with E-state index in [0.29, 0.717) is 22.7 Å². The molecule has 5 rings (SSSR count). The minimum Gasteiger partial charge on any atom is -0.321 e. The molecular formula is C26H20N2O2S2. The number of hydrogen-bond acceptors (Lipinski definition) is 4. The van der Waals surface area contributed by atoms with Gasteiger partial charge in [-0.05, 0) is 72.0 Å². The second-order valence-corrected chi connectivity index (χ2v) is 9.53. The van der Waals surface area contributed by atoms with Gasteiger partial charge in [-0.25, -0.2) is 0 Å². The fraction of sp³-hybridized carbons (Fsp3) is 0.0769. The maximum Gasteiger partial charge on any atom is 0.265 e. The summed E-state index contributed by atoms with van der Waals surface area (Å²) >= 11 is 3.11. The summed E-state index contributed by atoms with van der Waals surface area (Å²) in [7, 11) is 0. The number of aryl methyl sites for hydroxylation is 1. The fourth-order valence-electron chi connectivity index (χ4n) is 3.70. The van der Waals surface area contributed by atoms with Crippen LogP contribution in [0.25, 0.3) is 0 Å². The Morgan fingerprint density at radius 3 is 2.34 bits per heavy atom. The highest BCUT2D eigenvalue weighted by molar-refractivity contribution is 7.99. The summed E-state index contributed by atoms with van der Waals surface area (Å²) in [5, 5.41) is 4.82. The van der Waals surface area contributed by atoms with Crippen molar-refractivity contribution in [3.05, 3.63) is 106 Å². The lowest BCUT2D eigenvalue weighted by Gasteiger charge is -2.23. The first-order valence-electron chi connectivity index (χ1n) is 10.2. The summed E-state index contributed by atoms with van der Waals surface area (Å²) < 4.78 is 0. The normalized spacial score (nSPS) is 12.5. The predicted octanol–water partition coefficient (Wildman–Crippen LogP) is 6.62. The lowest BCUT2D eigenvalue weighted by Crippen LogP contribution is -2.30. The summed E-state index contributed by atoms with van der Waals surface area (Å²) in [5.74, 6) is -0.201. The van der Waals surface area contributed by atoms with E-state index in [2.05, 4.69) is 17.4 Å². The van der Waals surface area contributed by atoms with Crippen molar-refractivity contribution in [2.24, 2.45) is 0 Å². The average molecular weight is 457 g/mol. The molecule has 4 aromatic rings. The van der Waals surface area contributed by atoms with Gasteiger partial charge in [-0.15, -0.1) is 11.3 Å². The van der Waals surface area contributed by atoms with E-state index in [1.54, 1.807) is 36.0 Å². The summed E-state index contributed by atoms with van der Waals surface area (Å²) in [5.41, 5.74) is 4.23. The first-order valence-corrected chi connectivity index (χ1v) is 11.9. The zero-order chi connectivity index (χ0) is 22.1. The third-order valence-electron chi connectivity index (χ3n) is 5.38. The zero-order valence-electron chi connectivity index (χ0n) is 17.4. The Kier molecular flexibility index (Phi) is 5.55. The van der Waals surface area contributed by atoms with Gasteiger partial charge in [0.2, 0.25) is 0 Å². The molecule has 0 saturated carbocycles. The molecule has 4 nitrogen and oxygen atoms in total. The largest absolute Gasteiger partial charge is 0.321 e. The number of benzene rings is 3. The van der Waals surface area contributed by atoms with Gasteiger partial charge in [-0.1, -0.05) is 42.1 Å². The maximum absolute atomic E-state index is 13.5. The third-order valence-corrected chi connectivity index (χ3v) is 7.58. The molecule has 32 heavy (non-hydrogen) atoms. The average Bonchev–Trinajstić information content (AvgIpc) is 3.17. The zero-order valence-corrected chi connectivity index (χ0v) is 19.0. The van der Waals surface area contributed by atoms with Gasteiger partial charge in [0.15, 0.2) is 0 Å². The second kappa shape index (κ2) is 8.65. The van der Waals surface area contributed by atoms with Crippen LogP contribution in [0, 0.1) is 6.92 Å². The van der Waals surface area contributed by atoms with Crippen molar-refractivity contribution in [3.8, 4) is 0 Å². The monoisotopic (exact) mass is 456 g/mol. The molecule has 6 heteroatoms. The molecule has 2 heterocycles. The van der Waals surface area contributed by atoms with E-state index in [9.17, 15) is 9.59 Å². The Bertz CT molecular complexity index is 1310. The van der Waals surface area contributed by atoms with E-state index in [1.165, 1.54) is 11.3 Å². The van der Waals surface area contributed by atoms with Crippen LogP contribution in [0.4, 0.5) is 11.4 Å². The Morgan fingerprint density at radius 1 is 0.875 bits per heavy atom. The van der Waals surface area contributed by atoms with E-state index in [1.807, 2.05) is 59.7 Å². The number of carbonyl (C=O) groups excluding carboxylic acids is 2. The smallest absolute Gasteiger partial charge is 0.265 e. The van der Waals surface area contributed by atoms with Gasteiger partial charge >= 0.3 is 0 Å². The molecule has 158 valence electrons. The van der Waals surface area contributed by atoms with Gasteiger partial charge in [-0.2, -0.15) is 0 Å². The number of rotatable bonds is 3. The lowest BCUT2D eigenvalue weighted by atomic mass is 10.1. The molecule has 0 fully saturated rings. The van der Waals surface area contributed by atoms with E-state index in [4.69, 9.17) is 0 Å². The van der Waals surface area contributed by atoms with Gasteiger partial charge in [0.25, 0.3) is 11.8 Å². The second-order valence-electron chi connectivity index (χ2n) is 7.53. The molecule has 0 spiro atoms. The van der Waals surface area contributed by atoms with Crippen LogP contribution in [0.2, 0.25) is 0 Å². The summed E-state index contributed by atoms with van der Waals surface area (Å²) in [4.78, 5) is 30.7. The summed E-state index contributed by atoms with van der Waals surface area (Å²) in [6.07, 6.45) is 0. The van der Waals surface area contributed by atoms with Crippen molar-refractivity contribution < 1.29 is 9.59 Å². The molecule has 1 aliphatic rings. The van der Waals surface area contributed by atoms with Crippen LogP contribution in [0.1, 0.15) is 31.2 Å². The van der Waals surface area contributed by atoms with Crippen molar-refractivity contribution >= 4 is 46.3 Å². The first-order chi connectivity index (χ1) is 15.6. The molecule has 0 unspecified atom stereocenters. The highest BCUT2D eigenvalue weighted by Crippen LogP contribution is 2.41. The molecule has 0 radical (unpaired) electrons. The number of amides is 2. The SMILES string of the molecule is Cc1ccsc1C(=O)Nc1ccc(C(=O)N2Cc3ccccc3Sc3ccccc32)cc1. The Morgan fingerprint density at radius 2 is 1.59 bits per heavy atom. The molecular weight excluding hydrogens is 436 g/mol. The van der Waals surface area contributed by atoms with E-state index in [-0.39, 0.29) is 11.8 Å². The van der Waals surface area contributed by atoms with Crippen LogP contribution in [-0.2, 0) is 6.54 Å². The molecule has 1 aromatic heterocycles. The number of anilines is 2. The molecule has 3 aromatic carbocycles. The third kappa shape index (κ3) is 3.95. The standard InChI is InChI=1S/C26H20N2O2S2/c1-17-14-15-31-24(17)25(29)27-20-12-10-18(11-13-20)26(30)28-16-19-6-2-4-8-22(19)32-23-9-5-3-7-21(23)28/h2-15H,16H2,1H3,(H,27,29). The predicted molar refractivity (Wildman–Crippen MR) is 131 cm³/mol. The Hall–Kier alpha value is -3.35. The van der Waals surface area contributed by atoms with Crippen LogP contribution >= 0.6 is 23.1 Å². The van der Waals surface area contributed by atoms with Crippen molar-refractivity contribution in [3.63, 3.8) is 0 Å². The van der Waals surface area contributed by atoms with E-state index >= 15 is 0 Å². The number of fused-ring (bicyclic) bond motifs is 2. The van der Waals surface area contributed by atoms with Gasteiger partial charge in [0.05, 0.1) is 17.1 Å². The quantitative estimate of drug-likeness (QED) is 0.377. The van der Waals surface area contributed by atoms with Crippen LogP contribution in [0.3, 0.4) is 0 Å². The number of para-hydroxylation sites is 1. The van der Waals surface area contributed by atoms with E-state index < -0.39 is 0 Å². The van der Waals surface area contributed by atoms with Crippen LogP contribution in [-0.4, -0.2) is 11.8 Å². The van der Waals surface area contributed by atoms with Gasteiger partial charge in [0.1, 0.15) is 0 Å². The molecule has 1 N–H and O–H groups in total. The maximum atomic E-state index is 13.5. The van der Waals surface area contributed by atoms with E-state index in [0.717, 1.165) is 26.6 Å². The number of hydrogen-bond donors (Lipinski definition) is 1. The molecule has 0 aliphatic carbocycles. The van der Waals surface area contributed by atoms with Crippen molar-refractivity contribution in [2.75, 3.05) is 10.2 Å². The molecule has 0 saturated heterocycles. The van der Waals surface area contributed by atoms with Crippen LogP contribution in [0.15, 0.2) is 94.0 Å². The minimum atomic E-state index is -0.133. The first kappa shape index (κ1) is 20.5. The molecule has 1 aliphatic heterocycles. The number of carbonyl (C=O) groups is 2. The Labute approximate surface area is 194 Å². The van der Waals surface area contributed by atoms with Gasteiger partial charge in [0, 0.05) is 21.0 Å². The topological polar surface area (TPSA) is 49.4 Å². The fourth-order valence-corrected chi connectivity index (χ4v) is 5.60. The number of thiophene rings is 1.